The van der Waals surface area contributed by atoms with Gasteiger partial charge in [0.2, 0.25) is 0 Å². The van der Waals surface area contributed by atoms with Crippen LogP contribution in [0.3, 0.4) is 0 Å². The van der Waals surface area contributed by atoms with Gasteiger partial charge in [0, 0.05) is 28.5 Å². The van der Waals surface area contributed by atoms with Gasteiger partial charge in [-0.1, -0.05) is 158 Å². The number of fused-ring (bicyclic) bond motifs is 5. The molecule has 0 aliphatic carbocycles. The van der Waals surface area contributed by atoms with E-state index >= 15 is 0 Å². The lowest BCUT2D eigenvalue weighted by molar-refractivity contribution is 1.18. The fourth-order valence-corrected chi connectivity index (χ4v) is 7.70. The Bertz CT molecular complexity index is 2960. The second-order valence-corrected chi connectivity index (χ2v) is 13.6. The summed E-state index contributed by atoms with van der Waals surface area (Å²) in [4.78, 5) is 14.9. The molecule has 0 saturated heterocycles. The maximum Gasteiger partial charge on any atom is 0.160 e. The van der Waals surface area contributed by atoms with Crippen molar-refractivity contribution in [3.8, 4) is 67.4 Å². The lowest BCUT2D eigenvalue weighted by atomic mass is 9.87. The summed E-state index contributed by atoms with van der Waals surface area (Å²) in [5.74, 6) is 0.685. The average molecular weight is 688 g/mol. The molecule has 252 valence electrons. The lowest BCUT2D eigenvalue weighted by Gasteiger charge is -2.16. The number of aromatic nitrogens is 3. The molecule has 0 N–H and O–H groups in total. The van der Waals surface area contributed by atoms with Gasteiger partial charge in [0.1, 0.15) is 0 Å². The predicted octanol–water partition coefficient (Wildman–Crippen LogP) is 13.3. The van der Waals surface area contributed by atoms with Crippen molar-refractivity contribution < 1.29 is 0 Å². The van der Waals surface area contributed by atoms with Gasteiger partial charge in [0.25, 0.3) is 0 Å². The van der Waals surface area contributed by atoms with E-state index in [9.17, 15) is 0 Å². The topological polar surface area (TPSA) is 38.7 Å². The van der Waals surface area contributed by atoms with E-state index < -0.39 is 0 Å². The monoisotopic (exact) mass is 687 g/mol. The van der Waals surface area contributed by atoms with Gasteiger partial charge in [0.05, 0.1) is 17.1 Å². The molecule has 10 aromatic rings. The van der Waals surface area contributed by atoms with E-state index in [1.165, 1.54) is 49.0 Å². The van der Waals surface area contributed by atoms with Gasteiger partial charge in [0.15, 0.2) is 5.82 Å². The van der Waals surface area contributed by atoms with Gasteiger partial charge >= 0.3 is 0 Å². The summed E-state index contributed by atoms with van der Waals surface area (Å²) in [6.45, 7) is 0. The molecular formula is C51H33N3. The van der Waals surface area contributed by atoms with Crippen molar-refractivity contribution in [1.82, 2.24) is 15.0 Å². The average Bonchev–Trinajstić information content (AvgIpc) is 3.26. The van der Waals surface area contributed by atoms with Crippen LogP contribution >= 0.6 is 0 Å². The minimum atomic E-state index is 0.685. The second kappa shape index (κ2) is 13.4. The molecule has 3 nitrogen and oxygen atoms in total. The molecule has 0 atom stereocenters. The Kier molecular flexibility index (Phi) is 7.81. The molecule has 0 unspecified atom stereocenters. The van der Waals surface area contributed by atoms with Crippen LogP contribution in [-0.2, 0) is 0 Å². The van der Waals surface area contributed by atoms with E-state index in [0.717, 1.165) is 44.9 Å². The van der Waals surface area contributed by atoms with Gasteiger partial charge in [-0.2, -0.15) is 0 Å². The summed E-state index contributed by atoms with van der Waals surface area (Å²) >= 11 is 0. The molecular weight excluding hydrogens is 655 g/mol. The highest BCUT2D eigenvalue weighted by Crippen LogP contribution is 2.42. The molecule has 0 radical (unpaired) electrons. The van der Waals surface area contributed by atoms with Gasteiger partial charge < -0.3 is 0 Å². The maximum atomic E-state index is 5.20. The van der Waals surface area contributed by atoms with Crippen molar-refractivity contribution >= 4 is 32.3 Å². The summed E-state index contributed by atoms with van der Waals surface area (Å²) in [6.07, 6.45) is 1.82. The first-order chi connectivity index (χ1) is 26.8. The molecule has 2 heterocycles. The highest BCUT2D eigenvalue weighted by atomic mass is 14.9. The molecule has 0 saturated carbocycles. The van der Waals surface area contributed by atoms with Crippen LogP contribution < -0.4 is 0 Å². The van der Waals surface area contributed by atoms with Crippen LogP contribution in [0.2, 0.25) is 0 Å². The fraction of sp³-hybridized carbons (Fsp3) is 0. The third-order valence-corrected chi connectivity index (χ3v) is 10.3. The van der Waals surface area contributed by atoms with Crippen LogP contribution in [0, 0.1) is 0 Å². The predicted molar refractivity (Wildman–Crippen MR) is 225 cm³/mol. The highest BCUT2D eigenvalue weighted by Gasteiger charge is 2.16. The molecule has 2 aromatic heterocycles. The van der Waals surface area contributed by atoms with Crippen LogP contribution in [-0.4, -0.2) is 15.0 Å². The van der Waals surface area contributed by atoms with E-state index in [2.05, 4.69) is 175 Å². The van der Waals surface area contributed by atoms with Crippen molar-refractivity contribution in [2.45, 2.75) is 0 Å². The summed E-state index contributed by atoms with van der Waals surface area (Å²) in [7, 11) is 0. The van der Waals surface area contributed by atoms with Crippen LogP contribution in [0.4, 0.5) is 0 Å². The summed E-state index contributed by atoms with van der Waals surface area (Å²) in [6, 6.07) is 68.6. The van der Waals surface area contributed by atoms with E-state index in [4.69, 9.17) is 9.97 Å². The van der Waals surface area contributed by atoms with Gasteiger partial charge in [-0.3, -0.25) is 4.98 Å². The standard InChI is InChI=1S/C51H33N3/c1-3-14-34(15-4-1)44-31-46-43-23-10-8-21-41(43)45(32-47(46)42-22-9-7-20-40(42)44)38-18-13-19-39(30-38)51-53-49(35-16-5-2-6-17-35)33-50(54-51)37-27-25-36(26-28-37)48-24-11-12-29-52-48/h1-33H. The first-order valence-electron chi connectivity index (χ1n) is 18.3. The summed E-state index contributed by atoms with van der Waals surface area (Å²) in [5.41, 5.74) is 11.6. The molecule has 0 spiro atoms. The number of rotatable bonds is 6. The number of hydrogen-bond acceptors (Lipinski definition) is 3. The molecule has 0 bridgehead atoms. The second-order valence-electron chi connectivity index (χ2n) is 13.6. The Morgan fingerprint density at radius 1 is 0.259 bits per heavy atom. The van der Waals surface area contributed by atoms with E-state index in [-0.39, 0.29) is 0 Å². The van der Waals surface area contributed by atoms with E-state index in [1.807, 2.05) is 30.5 Å². The first kappa shape index (κ1) is 31.5. The van der Waals surface area contributed by atoms with E-state index in [1.54, 1.807) is 0 Å². The Morgan fingerprint density at radius 3 is 1.31 bits per heavy atom. The number of pyridine rings is 1. The van der Waals surface area contributed by atoms with Crippen LogP contribution in [0.5, 0.6) is 0 Å². The van der Waals surface area contributed by atoms with Gasteiger partial charge in [-0.15, -0.1) is 0 Å². The smallest absolute Gasteiger partial charge is 0.160 e. The zero-order chi connectivity index (χ0) is 35.8. The quantitative estimate of drug-likeness (QED) is 0.163. The van der Waals surface area contributed by atoms with Crippen molar-refractivity contribution in [1.29, 1.82) is 0 Å². The minimum Gasteiger partial charge on any atom is -0.256 e. The molecule has 3 heteroatoms. The van der Waals surface area contributed by atoms with Crippen molar-refractivity contribution in [2.75, 3.05) is 0 Å². The zero-order valence-electron chi connectivity index (χ0n) is 29.4. The number of nitrogens with zero attached hydrogens (tertiary/aromatic N) is 3. The van der Waals surface area contributed by atoms with Gasteiger partial charge in [-0.05, 0) is 91.0 Å². The van der Waals surface area contributed by atoms with Gasteiger partial charge in [-0.25, -0.2) is 9.97 Å². The normalized spacial score (nSPS) is 11.3. The Hall–Kier alpha value is -7.23. The molecule has 0 amide bonds. The number of benzene rings is 8. The molecule has 54 heavy (non-hydrogen) atoms. The molecule has 10 rings (SSSR count). The van der Waals surface area contributed by atoms with Crippen LogP contribution in [0.15, 0.2) is 200 Å². The summed E-state index contributed by atoms with van der Waals surface area (Å²) < 4.78 is 0. The first-order valence-corrected chi connectivity index (χ1v) is 18.3. The van der Waals surface area contributed by atoms with Crippen molar-refractivity contribution in [3.63, 3.8) is 0 Å². The van der Waals surface area contributed by atoms with Crippen LogP contribution in [0.25, 0.3) is 99.7 Å². The Morgan fingerprint density at radius 2 is 0.722 bits per heavy atom. The van der Waals surface area contributed by atoms with E-state index in [0.29, 0.717) is 5.82 Å². The zero-order valence-corrected chi connectivity index (χ0v) is 29.4. The van der Waals surface area contributed by atoms with Crippen molar-refractivity contribution in [3.05, 3.63) is 200 Å². The Balaban J connectivity index is 1.14. The Labute approximate surface area is 313 Å². The number of hydrogen-bond donors (Lipinski definition) is 0. The minimum absolute atomic E-state index is 0.685. The molecule has 0 aliphatic heterocycles. The third kappa shape index (κ3) is 5.69. The van der Waals surface area contributed by atoms with Crippen LogP contribution in [0.1, 0.15) is 0 Å². The van der Waals surface area contributed by atoms with Crippen molar-refractivity contribution in [2.24, 2.45) is 0 Å². The largest absolute Gasteiger partial charge is 0.256 e. The maximum absolute atomic E-state index is 5.20. The third-order valence-electron chi connectivity index (χ3n) is 10.3. The summed E-state index contributed by atoms with van der Waals surface area (Å²) in [5, 5.41) is 7.43. The highest BCUT2D eigenvalue weighted by molar-refractivity contribution is 6.23. The molecule has 0 aliphatic rings. The molecule has 0 fully saturated rings. The lowest BCUT2D eigenvalue weighted by Crippen LogP contribution is -1.96. The fourth-order valence-electron chi connectivity index (χ4n) is 7.70. The molecule has 8 aromatic carbocycles. The SMILES string of the molecule is c1ccc(-c2cc(-c3ccc(-c4ccccn4)cc3)nc(-c3cccc(-c4cc5c6ccccc6c(-c6ccccc6)cc5c5ccccc45)c3)n2)cc1.